The molecule has 0 aliphatic carbocycles. The van der Waals surface area contributed by atoms with Crippen LogP contribution in [0.2, 0.25) is 0 Å². The van der Waals surface area contributed by atoms with E-state index in [1.807, 2.05) is 0 Å². The van der Waals surface area contributed by atoms with Crippen LogP contribution in [0.1, 0.15) is 200 Å². The van der Waals surface area contributed by atoms with Crippen LogP contribution in [0, 0.1) is 0 Å². The maximum atomic E-state index is 12.6. The Kier molecular flexibility index (Phi) is 37.1. The van der Waals surface area contributed by atoms with Crippen molar-refractivity contribution in [3.63, 3.8) is 0 Å². The first-order valence-electron chi connectivity index (χ1n) is 21.1. The zero-order valence-electron chi connectivity index (χ0n) is 33.3. The third-order valence-electron chi connectivity index (χ3n) is 9.17. The van der Waals surface area contributed by atoms with Crippen molar-refractivity contribution < 1.29 is 47.8 Å². The molecule has 0 rings (SSSR count). The summed E-state index contributed by atoms with van der Waals surface area (Å²) in [6.07, 6.45) is 34.6. The number of carbonyl (C=O) groups is 2. The fraction of sp³-hybridized carbons (Fsp3) is 0.902. The highest BCUT2D eigenvalue weighted by atomic mass is 31.2. The summed E-state index contributed by atoms with van der Waals surface area (Å²) in [5.41, 5.74) is 0. The highest BCUT2D eigenvalue weighted by Crippen LogP contribution is 2.43. The fourth-order valence-corrected chi connectivity index (χ4v) is 6.66. The van der Waals surface area contributed by atoms with Crippen molar-refractivity contribution in [1.82, 2.24) is 0 Å². The van der Waals surface area contributed by atoms with Gasteiger partial charge in [0.15, 0.2) is 6.10 Å². The number of aliphatic hydroxyl groups is 2. The van der Waals surface area contributed by atoms with Gasteiger partial charge in [0.25, 0.3) is 0 Å². The second kappa shape index (κ2) is 38.0. The average Bonchev–Trinajstić information content (AvgIpc) is 3.13. The number of hydrogen-bond acceptors (Lipinski definition) is 9. The largest absolute Gasteiger partial charge is 0.472 e. The van der Waals surface area contributed by atoms with Gasteiger partial charge in [0.2, 0.25) is 0 Å². The number of hydrogen-bond donors (Lipinski definition) is 3. The second-order valence-electron chi connectivity index (χ2n) is 14.4. The van der Waals surface area contributed by atoms with Crippen LogP contribution in [-0.4, -0.2) is 65.7 Å². The Hall–Kier alpha value is -1.29. The molecule has 0 aromatic heterocycles. The van der Waals surface area contributed by atoms with E-state index in [1.54, 1.807) is 0 Å². The predicted octanol–water partition coefficient (Wildman–Crippen LogP) is 10.8. The van der Waals surface area contributed by atoms with E-state index in [2.05, 4.69) is 30.5 Å². The maximum Gasteiger partial charge on any atom is 0.472 e. The molecule has 0 radical (unpaired) electrons. The Morgan fingerprint density at radius 2 is 0.942 bits per heavy atom. The number of unbranched alkanes of at least 4 members (excludes halogenated alkanes) is 24. The minimum absolute atomic E-state index is 0.186. The van der Waals surface area contributed by atoms with Crippen molar-refractivity contribution in [1.29, 1.82) is 0 Å². The SMILES string of the molecule is CCCCCCCCCCC/C=C/CCCCC(=O)OC[C@H](COP(=O)(O)OC[C@@H](O)CO)OC(=O)CCCCCCCCCCCCCCCC. The molecule has 0 amide bonds. The number of carbonyl (C=O) groups excluding carboxylic acids is 2. The van der Waals surface area contributed by atoms with Gasteiger partial charge in [0.1, 0.15) is 12.7 Å². The van der Waals surface area contributed by atoms with Gasteiger partial charge < -0.3 is 24.6 Å². The van der Waals surface area contributed by atoms with Crippen LogP contribution in [0.15, 0.2) is 12.2 Å². The Bertz CT molecular complexity index is 884. The van der Waals surface area contributed by atoms with Crippen molar-refractivity contribution in [2.45, 2.75) is 212 Å². The fourth-order valence-electron chi connectivity index (χ4n) is 5.87. The molecule has 1 unspecified atom stereocenters. The first-order chi connectivity index (χ1) is 25.2. The highest BCUT2D eigenvalue weighted by Gasteiger charge is 2.27. The third kappa shape index (κ3) is 37.0. The number of allylic oxidation sites excluding steroid dienone is 2. The molecular weight excluding hydrogens is 683 g/mol. The zero-order valence-corrected chi connectivity index (χ0v) is 34.2. The van der Waals surface area contributed by atoms with E-state index in [0.717, 1.165) is 38.5 Å². The lowest BCUT2D eigenvalue weighted by Gasteiger charge is -2.20. The molecule has 3 N–H and O–H groups in total. The molecule has 0 spiro atoms. The quantitative estimate of drug-likeness (QED) is 0.0238. The van der Waals surface area contributed by atoms with Crippen LogP contribution in [0.25, 0.3) is 0 Å². The maximum absolute atomic E-state index is 12.6. The van der Waals surface area contributed by atoms with Crippen molar-refractivity contribution in [2.75, 3.05) is 26.4 Å². The average molecular weight is 763 g/mol. The molecule has 3 atom stereocenters. The van der Waals surface area contributed by atoms with Gasteiger partial charge in [-0.1, -0.05) is 161 Å². The van der Waals surface area contributed by atoms with E-state index >= 15 is 0 Å². The van der Waals surface area contributed by atoms with Gasteiger partial charge in [-0.2, -0.15) is 0 Å². The van der Waals surface area contributed by atoms with Gasteiger partial charge in [-0.25, -0.2) is 4.57 Å². The van der Waals surface area contributed by atoms with Gasteiger partial charge in [0.05, 0.1) is 19.8 Å². The van der Waals surface area contributed by atoms with Crippen molar-refractivity contribution in [3.05, 3.63) is 12.2 Å². The number of ether oxygens (including phenoxy) is 2. The van der Waals surface area contributed by atoms with E-state index in [0.29, 0.717) is 12.8 Å². The molecule has 0 aliphatic rings. The summed E-state index contributed by atoms with van der Waals surface area (Å²) in [6.45, 7) is 2.37. The Morgan fingerprint density at radius 1 is 0.558 bits per heavy atom. The first-order valence-corrected chi connectivity index (χ1v) is 22.6. The summed E-state index contributed by atoms with van der Waals surface area (Å²) in [6, 6.07) is 0. The van der Waals surface area contributed by atoms with Crippen molar-refractivity contribution in [3.8, 4) is 0 Å². The minimum Gasteiger partial charge on any atom is -0.462 e. The molecule has 0 aromatic carbocycles. The van der Waals surface area contributed by atoms with Crippen LogP contribution >= 0.6 is 7.82 Å². The predicted molar refractivity (Wildman–Crippen MR) is 210 cm³/mol. The molecular formula is C41H79O10P. The van der Waals surface area contributed by atoms with E-state index in [1.165, 1.54) is 122 Å². The number of phosphoric acid groups is 1. The molecule has 11 heteroatoms. The Morgan fingerprint density at radius 3 is 1.42 bits per heavy atom. The summed E-state index contributed by atoms with van der Waals surface area (Å²) >= 11 is 0. The van der Waals surface area contributed by atoms with Gasteiger partial charge in [-0.3, -0.25) is 18.6 Å². The second-order valence-corrected chi connectivity index (χ2v) is 15.8. The smallest absolute Gasteiger partial charge is 0.462 e. The Labute approximate surface area is 317 Å². The van der Waals surface area contributed by atoms with Crippen LogP contribution in [0.5, 0.6) is 0 Å². The molecule has 0 heterocycles. The van der Waals surface area contributed by atoms with Gasteiger partial charge >= 0.3 is 19.8 Å². The zero-order chi connectivity index (χ0) is 38.4. The minimum atomic E-state index is -4.61. The summed E-state index contributed by atoms with van der Waals surface area (Å²) in [5, 5.41) is 18.3. The molecule has 10 nitrogen and oxygen atoms in total. The number of phosphoric ester groups is 1. The molecule has 308 valence electrons. The van der Waals surface area contributed by atoms with Crippen LogP contribution < -0.4 is 0 Å². The van der Waals surface area contributed by atoms with Crippen LogP contribution in [0.4, 0.5) is 0 Å². The van der Waals surface area contributed by atoms with Gasteiger partial charge in [-0.15, -0.1) is 0 Å². The third-order valence-corrected chi connectivity index (χ3v) is 10.1. The lowest BCUT2D eigenvalue weighted by atomic mass is 10.0. The summed E-state index contributed by atoms with van der Waals surface area (Å²) < 4.78 is 32.6. The molecule has 0 bridgehead atoms. The van der Waals surface area contributed by atoms with Gasteiger partial charge in [0, 0.05) is 12.8 Å². The van der Waals surface area contributed by atoms with Crippen LogP contribution in [0.3, 0.4) is 0 Å². The molecule has 0 aliphatic heterocycles. The van der Waals surface area contributed by atoms with Crippen LogP contribution in [-0.2, 0) is 32.7 Å². The van der Waals surface area contributed by atoms with Gasteiger partial charge in [-0.05, 0) is 38.5 Å². The highest BCUT2D eigenvalue weighted by molar-refractivity contribution is 7.47. The number of rotatable bonds is 40. The summed E-state index contributed by atoms with van der Waals surface area (Å²) in [5.74, 6) is -0.941. The monoisotopic (exact) mass is 763 g/mol. The molecule has 0 aromatic rings. The standard InChI is InChI=1S/C41H79O10P/c1-3-5-7-9-11-13-15-17-19-21-22-24-26-28-30-32-40(44)48-36-39(37-50-52(46,47)49-35-38(43)34-42)51-41(45)33-31-29-27-25-23-20-18-16-14-12-10-8-6-4-2/h22,24,38-39,42-43H,3-21,23,25-37H2,1-2H3,(H,46,47)/b24-22+/t38-,39+/m0/s1. The number of aliphatic hydroxyl groups excluding tert-OH is 2. The van der Waals surface area contributed by atoms with Crippen molar-refractivity contribution in [2.24, 2.45) is 0 Å². The normalized spacial score (nSPS) is 14.0. The van der Waals surface area contributed by atoms with E-state index in [9.17, 15) is 24.2 Å². The summed E-state index contributed by atoms with van der Waals surface area (Å²) in [4.78, 5) is 34.9. The van der Waals surface area contributed by atoms with E-state index < -0.39 is 51.8 Å². The van der Waals surface area contributed by atoms with Crippen molar-refractivity contribution >= 4 is 19.8 Å². The molecule has 0 fully saturated rings. The van der Waals surface area contributed by atoms with E-state index in [-0.39, 0.29) is 19.4 Å². The molecule has 0 saturated carbocycles. The molecule has 52 heavy (non-hydrogen) atoms. The Balaban J connectivity index is 4.31. The first kappa shape index (κ1) is 50.7. The lowest BCUT2D eigenvalue weighted by Crippen LogP contribution is -2.29. The summed E-state index contributed by atoms with van der Waals surface area (Å²) in [7, 11) is -4.61. The number of esters is 2. The molecule has 0 saturated heterocycles. The lowest BCUT2D eigenvalue weighted by molar-refractivity contribution is -0.161. The topological polar surface area (TPSA) is 149 Å². The van der Waals surface area contributed by atoms with E-state index in [4.69, 9.17) is 19.1 Å².